The van der Waals surface area contributed by atoms with Gasteiger partial charge in [-0.05, 0) is 24.6 Å². The fourth-order valence-corrected chi connectivity index (χ4v) is 2.06. The number of sulfonamides is 1. The normalized spacial score (nSPS) is 11.3. The third kappa shape index (κ3) is 2.14. The van der Waals surface area contributed by atoms with Crippen LogP contribution in [0.25, 0.3) is 0 Å². The Bertz CT molecular complexity index is 494. The van der Waals surface area contributed by atoms with E-state index in [1.807, 2.05) is 0 Å². The second-order valence-electron chi connectivity index (χ2n) is 2.83. The highest BCUT2D eigenvalue weighted by Crippen LogP contribution is 2.18. The van der Waals surface area contributed by atoms with Gasteiger partial charge in [0.25, 0.3) is 10.0 Å². The summed E-state index contributed by atoms with van der Waals surface area (Å²) in [5, 5.41) is 17.2. The Morgan fingerprint density at radius 3 is 2.47 bits per heavy atom. The van der Waals surface area contributed by atoms with E-state index in [-0.39, 0.29) is 16.0 Å². The second kappa shape index (κ2) is 3.97. The summed E-state index contributed by atoms with van der Waals surface area (Å²) in [5.41, 5.74) is -0.0436. The average molecular weight is 231 g/mol. The van der Waals surface area contributed by atoms with E-state index in [0.29, 0.717) is 0 Å². The molecule has 3 N–H and O–H groups in total. The lowest BCUT2D eigenvalue weighted by Gasteiger charge is -2.07. The van der Waals surface area contributed by atoms with Gasteiger partial charge in [0.2, 0.25) is 0 Å². The molecule has 0 spiro atoms. The Morgan fingerprint density at radius 2 is 2.00 bits per heavy atom. The monoisotopic (exact) mass is 231 g/mol. The zero-order valence-electron chi connectivity index (χ0n) is 7.76. The van der Waals surface area contributed by atoms with Gasteiger partial charge in [-0.1, -0.05) is 11.0 Å². The molecule has 0 heterocycles. The Kier molecular flexibility index (Phi) is 3.08. The smallest absolute Gasteiger partial charge is 0.335 e. The highest BCUT2D eigenvalue weighted by molar-refractivity contribution is 7.89. The minimum absolute atomic E-state index is 0.0755. The minimum Gasteiger partial charge on any atom is -0.478 e. The zero-order valence-corrected chi connectivity index (χ0v) is 8.58. The van der Waals surface area contributed by atoms with E-state index in [1.54, 1.807) is 0 Å². The predicted octanol–water partition coefficient (Wildman–Crippen LogP) is 0.361. The molecule has 1 aromatic carbocycles. The number of benzene rings is 1. The van der Waals surface area contributed by atoms with Gasteiger partial charge in [0.15, 0.2) is 0 Å². The van der Waals surface area contributed by atoms with Crippen molar-refractivity contribution in [2.24, 2.45) is 0 Å². The van der Waals surface area contributed by atoms with Crippen LogP contribution in [0.1, 0.15) is 15.9 Å². The van der Waals surface area contributed by atoms with Crippen molar-refractivity contribution in [3.8, 4) is 0 Å². The van der Waals surface area contributed by atoms with Crippen LogP contribution in [0.5, 0.6) is 0 Å². The number of aromatic carboxylic acids is 1. The van der Waals surface area contributed by atoms with E-state index in [1.165, 1.54) is 25.1 Å². The molecule has 0 amide bonds. The van der Waals surface area contributed by atoms with Gasteiger partial charge in [-0.15, -0.1) is 0 Å². The van der Waals surface area contributed by atoms with Gasteiger partial charge >= 0.3 is 5.97 Å². The molecular weight excluding hydrogens is 222 g/mol. The summed E-state index contributed by atoms with van der Waals surface area (Å²) in [6.07, 6.45) is 0. The quantitative estimate of drug-likeness (QED) is 0.651. The molecule has 1 aromatic rings. The molecule has 82 valence electrons. The lowest BCUT2D eigenvalue weighted by molar-refractivity contribution is 0.0695. The van der Waals surface area contributed by atoms with Gasteiger partial charge in [-0.3, -0.25) is 0 Å². The topological polar surface area (TPSA) is 104 Å². The van der Waals surface area contributed by atoms with Crippen molar-refractivity contribution in [2.45, 2.75) is 11.8 Å². The summed E-state index contributed by atoms with van der Waals surface area (Å²) in [5.74, 6) is -1.22. The molecular formula is C8H9NO5S. The van der Waals surface area contributed by atoms with Gasteiger partial charge in [-0.2, -0.15) is 0 Å². The number of carboxylic acids is 1. The van der Waals surface area contributed by atoms with Crippen LogP contribution in [-0.4, -0.2) is 24.7 Å². The summed E-state index contributed by atoms with van der Waals surface area (Å²) in [6, 6.07) is 3.79. The third-order valence-electron chi connectivity index (χ3n) is 1.92. The van der Waals surface area contributed by atoms with Crippen molar-refractivity contribution in [2.75, 3.05) is 0 Å². The van der Waals surface area contributed by atoms with Crippen molar-refractivity contribution < 1.29 is 23.5 Å². The summed E-state index contributed by atoms with van der Waals surface area (Å²) in [6.45, 7) is 1.35. The molecule has 6 nitrogen and oxygen atoms in total. The SMILES string of the molecule is Cc1c(C(=O)O)cccc1S(=O)(=O)NO. The maximum absolute atomic E-state index is 11.2. The van der Waals surface area contributed by atoms with E-state index in [4.69, 9.17) is 10.3 Å². The van der Waals surface area contributed by atoms with E-state index >= 15 is 0 Å². The lowest BCUT2D eigenvalue weighted by atomic mass is 10.1. The number of nitrogens with one attached hydrogen (secondary N) is 1. The molecule has 0 aliphatic heterocycles. The molecule has 1 rings (SSSR count). The first-order valence-electron chi connectivity index (χ1n) is 3.89. The summed E-state index contributed by atoms with van der Waals surface area (Å²) < 4.78 is 22.5. The first-order valence-corrected chi connectivity index (χ1v) is 5.37. The third-order valence-corrected chi connectivity index (χ3v) is 3.19. The van der Waals surface area contributed by atoms with Crippen LogP contribution in [0, 0.1) is 6.92 Å². The van der Waals surface area contributed by atoms with Gasteiger partial charge in [0.05, 0.1) is 10.5 Å². The number of carboxylic acid groups (broad SMARTS) is 1. The van der Waals surface area contributed by atoms with Crippen LogP contribution in [-0.2, 0) is 10.0 Å². The Labute approximate surface area is 86.2 Å². The number of carbonyl (C=O) groups is 1. The molecule has 0 aliphatic carbocycles. The van der Waals surface area contributed by atoms with Crippen molar-refractivity contribution >= 4 is 16.0 Å². The van der Waals surface area contributed by atoms with Crippen LogP contribution in [0.4, 0.5) is 0 Å². The van der Waals surface area contributed by atoms with Crippen molar-refractivity contribution in [1.29, 1.82) is 0 Å². The summed E-state index contributed by atoms with van der Waals surface area (Å²) >= 11 is 0. The van der Waals surface area contributed by atoms with Crippen molar-refractivity contribution in [3.63, 3.8) is 0 Å². The van der Waals surface area contributed by atoms with Gasteiger partial charge in [-0.25, -0.2) is 13.2 Å². The first-order chi connectivity index (χ1) is 6.90. The predicted molar refractivity (Wildman–Crippen MR) is 50.2 cm³/mol. The maximum Gasteiger partial charge on any atom is 0.335 e. The molecule has 15 heavy (non-hydrogen) atoms. The fourth-order valence-electron chi connectivity index (χ4n) is 1.19. The van der Waals surface area contributed by atoms with Gasteiger partial charge in [0.1, 0.15) is 0 Å². The Morgan fingerprint density at radius 1 is 1.40 bits per heavy atom. The first kappa shape index (κ1) is 11.6. The largest absolute Gasteiger partial charge is 0.478 e. The van der Waals surface area contributed by atoms with Crippen molar-refractivity contribution in [3.05, 3.63) is 29.3 Å². The molecule has 0 unspecified atom stereocenters. The second-order valence-corrected chi connectivity index (χ2v) is 4.46. The number of rotatable bonds is 3. The van der Waals surface area contributed by atoms with Crippen LogP contribution < -0.4 is 4.89 Å². The maximum atomic E-state index is 11.2. The molecule has 0 fully saturated rings. The Balaban J connectivity index is 3.47. The minimum atomic E-state index is -4.04. The van der Waals surface area contributed by atoms with E-state index < -0.39 is 16.0 Å². The lowest BCUT2D eigenvalue weighted by Crippen LogP contribution is -2.21. The molecule has 0 saturated heterocycles. The van der Waals surface area contributed by atoms with Crippen LogP contribution in [0.2, 0.25) is 0 Å². The van der Waals surface area contributed by atoms with Crippen LogP contribution in [0.15, 0.2) is 23.1 Å². The van der Waals surface area contributed by atoms with Gasteiger partial charge in [0, 0.05) is 0 Å². The molecule has 0 aromatic heterocycles. The van der Waals surface area contributed by atoms with Crippen molar-refractivity contribution in [1.82, 2.24) is 4.89 Å². The van der Waals surface area contributed by atoms with E-state index in [2.05, 4.69) is 0 Å². The molecule has 0 atom stereocenters. The molecule has 0 aliphatic rings. The summed E-state index contributed by atoms with van der Waals surface area (Å²) in [7, 11) is -4.04. The molecule has 7 heteroatoms. The number of hydrogen-bond donors (Lipinski definition) is 3. The van der Waals surface area contributed by atoms with Gasteiger partial charge < -0.3 is 10.3 Å². The standard InChI is InChI=1S/C8H9NO5S/c1-5-6(8(10)11)3-2-4-7(5)15(13,14)9-12/h2-4,9,12H,1H3,(H,10,11). The number of hydrogen-bond acceptors (Lipinski definition) is 4. The average Bonchev–Trinajstić information content (AvgIpc) is 2.17. The summed E-state index contributed by atoms with van der Waals surface area (Å²) in [4.78, 5) is 11.6. The fraction of sp³-hybridized carbons (Fsp3) is 0.125. The van der Waals surface area contributed by atoms with Crippen LogP contribution in [0.3, 0.4) is 0 Å². The molecule has 0 bridgehead atoms. The van der Waals surface area contributed by atoms with Crippen LogP contribution >= 0.6 is 0 Å². The van der Waals surface area contributed by atoms with E-state index in [0.717, 1.165) is 4.89 Å². The van der Waals surface area contributed by atoms with E-state index in [9.17, 15) is 13.2 Å². The highest BCUT2D eigenvalue weighted by Gasteiger charge is 2.19. The Hall–Kier alpha value is -1.44. The highest BCUT2D eigenvalue weighted by atomic mass is 32.2. The molecule has 0 saturated carbocycles. The molecule has 0 radical (unpaired) electrons. The zero-order chi connectivity index (χ0) is 11.6.